The first-order valence-electron chi connectivity index (χ1n) is 2.71. The maximum Gasteiger partial charge on any atom is 1.00 e. The van der Waals surface area contributed by atoms with Crippen LogP contribution in [-0.4, -0.2) is 17.7 Å². The molecule has 0 rings (SSSR count). The fraction of sp³-hybridized carbons (Fsp3) is 0.286. The number of rotatable bonds is 3. The Morgan fingerprint density at radius 1 is 1.45 bits per heavy atom. The summed E-state index contributed by atoms with van der Waals surface area (Å²) in [5.41, 5.74) is 0. The zero-order chi connectivity index (χ0) is 8.41. The molecule has 0 aliphatic carbocycles. The fourth-order valence-electron chi connectivity index (χ4n) is 0.118. The van der Waals surface area contributed by atoms with Crippen LogP contribution in [0.5, 0.6) is 0 Å². The molecule has 0 radical (unpaired) electrons. The molecule has 0 saturated heterocycles. The van der Waals surface area contributed by atoms with Crippen LogP contribution >= 0.6 is 0 Å². The monoisotopic (exact) mass is 166 g/mol. The van der Waals surface area contributed by atoms with Gasteiger partial charge >= 0.3 is 29.6 Å². The molecule has 1 N–H and O–H groups in total. The maximum absolute atomic E-state index is 9.01. The number of carbonyl (C=O) groups excluding carboxylic acids is 1. The van der Waals surface area contributed by atoms with Gasteiger partial charge in [-0.2, -0.15) is 0 Å². The van der Waals surface area contributed by atoms with Gasteiger partial charge in [-0.05, 0) is 6.42 Å². The summed E-state index contributed by atoms with van der Waals surface area (Å²) in [6.07, 6.45) is 4.54. The maximum atomic E-state index is 9.01. The van der Waals surface area contributed by atoms with E-state index >= 15 is 0 Å². The first-order valence-corrected chi connectivity index (χ1v) is 2.71. The molecular weight excluding hydrogens is 155 g/mol. The van der Waals surface area contributed by atoms with E-state index in [-0.39, 0.29) is 29.6 Å². The van der Waals surface area contributed by atoms with Gasteiger partial charge < -0.3 is 15.0 Å². The van der Waals surface area contributed by atoms with Gasteiger partial charge in [0.15, 0.2) is 0 Å². The van der Waals surface area contributed by atoms with Crippen LogP contribution in [0.15, 0.2) is 25.3 Å². The Morgan fingerprint density at radius 3 is 1.73 bits per heavy atom. The third-order valence-corrected chi connectivity index (χ3v) is 0.462. The zero-order valence-electron chi connectivity index (χ0n) is 6.75. The summed E-state index contributed by atoms with van der Waals surface area (Å²) in [4.78, 5) is 9.01. The van der Waals surface area contributed by atoms with Gasteiger partial charge in [0.05, 0.1) is 12.6 Å². The number of hydrogen-bond acceptors (Lipinski definition) is 3. The number of carboxylic acid groups (broad SMARTS) is 1. The SMILES string of the molecule is C=CCC=C.O=C([O-])CO.[Na+]. The first-order chi connectivity index (χ1) is 4.68. The topological polar surface area (TPSA) is 60.4 Å². The minimum Gasteiger partial charge on any atom is -0.548 e. The summed E-state index contributed by atoms with van der Waals surface area (Å²) in [6, 6.07) is 0. The predicted octanol–water partition coefficient (Wildman–Crippen LogP) is -3.52. The minimum absolute atomic E-state index is 0. The summed E-state index contributed by atoms with van der Waals surface area (Å²) in [5, 5.41) is 16.5. The Labute approximate surface area is 88.7 Å². The van der Waals surface area contributed by atoms with Crippen molar-refractivity contribution in [2.75, 3.05) is 6.61 Å². The van der Waals surface area contributed by atoms with Crippen molar-refractivity contribution in [3.8, 4) is 0 Å². The Bertz CT molecular complexity index is 106. The molecule has 0 fully saturated rings. The fourth-order valence-corrected chi connectivity index (χ4v) is 0.118. The molecule has 0 amide bonds. The van der Waals surface area contributed by atoms with E-state index in [0.717, 1.165) is 6.42 Å². The van der Waals surface area contributed by atoms with E-state index < -0.39 is 12.6 Å². The third kappa shape index (κ3) is 40.6. The van der Waals surface area contributed by atoms with E-state index in [1.807, 2.05) is 12.2 Å². The first kappa shape index (κ1) is 17.1. The van der Waals surface area contributed by atoms with E-state index in [9.17, 15) is 0 Å². The number of allylic oxidation sites excluding steroid dienone is 2. The molecule has 0 heterocycles. The molecule has 0 bridgehead atoms. The standard InChI is InChI=1S/C5H8.C2H4O3.Na/c1-3-5-4-2;3-1-2(4)5;/h3-4H,1-2,5H2;3H,1H2,(H,4,5);/q;;+1/p-1. The molecule has 0 aromatic carbocycles. The van der Waals surface area contributed by atoms with Crippen LogP contribution in [0.2, 0.25) is 0 Å². The molecule has 0 spiro atoms. The summed E-state index contributed by atoms with van der Waals surface area (Å²) >= 11 is 0. The van der Waals surface area contributed by atoms with Crippen molar-refractivity contribution >= 4 is 5.97 Å². The van der Waals surface area contributed by atoms with Gasteiger partial charge in [-0.25, -0.2) is 0 Å². The van der Waals surface area contributed by atoms with Crippen LogP contribution < -0.4 is 34.7 Å². The van der Waals surface area contributed by atoms with Crippen LogP contribution in [0.4, 0.5) is 0 Å². The Hall–Kier alpha value is -0.0900. The van der Waals surface area contributed by atoms with Crippen molar-refractivity contribution in [3.05, 3.63) is 25.3 Å². The summed E-state index contributed by atoms with van der Waals surface area (Å²) in [6.45, 7) is 6.07. The molecule has 0 saturated carbocycles. The van der Waals surface area contributed by atoms with Gasteiger partial charge in [-0.1, -0.05) is 12.2 Å². The van der Waals surface area contributed by atoms with Crippen molar-refractivity contribution in [2.24, 2.45) is 0 Å². The molecular formula is C7H11NaO3. The predicted molar refractivity (Wildman–Crippen MR) is 37.1 cm³/mol. The zero-order valence-corrected chi connectivity index (χ0v) is 8.75. The molecule has 0 aromatic heterocycles. The van der Waals surface area contributed by atoms with Gasteiger partial charge in [-0.3, -0.25) is 0 Å². The van der Waals surface area contributed by atoms with E-state index in [1.165, 1.54) is 0 Å². The van der Waals surface area contributed by atoms with Gasteiger partial charge in [0.2, 0.25) is 0 Å². The van der Waals surface area contributed by atoms with Crippen LogP contribution in [0.3, 0.4) is 0 Å². The van der Waals surface area contributed by atoms with Crippen molar-refractivity contribution < 1.29 is 44.6 Å². The number of carboxylic acids is 1. The van der Waals surface area contributed by atoms with E-state index in [1.54, 1.807) is 0 Å². The molecule has 0 aliphatic heterocycles. The van der Waals surface area contributed by atoms with Crippen molar-refractivity contribution in [1.82, 2.24) is 0 Å². The van der Waals surface area contributed by atoms with Gasteiger partial charge in [0.25, 0.3) is 0 Å². The average molecular weight is 166 g/mol. The Morgan fingerprint density at radius 2 is 1.73 bits per heavy atom. The molecule has 3 nitrogen and oxygen atoms in total. The van der Waals surface area contributed by atoms with Crippen molar-refractivity contribution in [3.63, 3.8) is 0 Å². The second-order valence-corrected chi connectivity index (χ2v) is 1.34. The average Bonchev–Trinajstić information content (AvgIpc) is 1.91. The molecule has 4 heteroatoms. The third-order valence-electron chi connectivity index (χ3n) is 0.462. The number of aliphatic carboxylic acids is 1. The molecule has 0 aromatic rings. The molecule has 0 aliphatic rings. The molecule has 58 valence electrons. The number of carbonyl (C=O) groups is 1. The normalized spacial score (nSPS) is 6.27. The Balaban J connectivity index is -0.000000107. The summed E-state index contributed by atoms with van der Waals surface area (Å²) in [5.74, 6) is -1.44. The second-order valence-electron chi connectivity index (χ2n) is 1.34. The number of aliphatic hydroxyl groups is 1. The quantitative estimate of drug-likeness (QED) is 0.349. The number of hydrogen-bond donors (Lipinski definition) is 1. The summed E-state index contributed by atoms with van der Waals surface area (Å²) in [7, 11) is 0. The van der Waals surface area contributed by atoms with E-state index in [4.69, 9.17) is 15.0 Å². The van der Waals surface area contributed by atoms with Crippen LogP contribution in [0, 0.1) is 0 Å². The van der Waals surface area contributed by atoms with Gasteiger partial charge in [0.1, 0.15) is 0 Å². The smallest absolute Gasteiger partial charge is 0.548 e. The molecule has 0 atom stereocenters. The van der Waals surface area contributed by atoms with Crippen LogP contribution in [0.1, 0.15) is 6.42 Å². The van der Waals surface area contributed by atoms with Gasteiger partial charge in [0, 0.05) is 0 Å². The molecule has 0 unspecified atom stereocenters. The minimum atomic E-state index is -1.44. The second kappa shape index (κ2) is 16.5. The van der Waals surface area contributed by atoms with Crippen molar-refractivity contribution in [2.45, 2.75) is 6.42 Å². The number of aliphatic hydroxyl groups excluding tert-OH is 1. The van der Waals surface area contributed by atoms with Crippen LogP contribution in [0.25, 0.3) is 0 Å². The molecule has 11 heavy (non-hydrogen) atoms. The van der Waals surface area contributed by atoms with Crippen LogP contribution in [-0.2, 0) is 4.79 Å². The Kier molecular flexibility index (Phi) is 25.7. The van der Waals surface area contributed by atoms with E-state index in [0.29, 0.717) is 0 Å². The van der Waals surface area contributed by atoms with Crippen molar-refractivity contribution in [1.29, 1.82) is 0 Å². The summed E-state index contributed by atoms with van der Waals surface area (Å²) < 4.78 is 0. The largest absolute Gasteiger partial charge is 1.00 e. The van der Waals surface area contributed by atoms with Gasteiger partial charge in [-0.15, -0.1) is 13.2 Å². The van der Waals surface area contributed by atoms with E-state index in [2.05, 4.69) is 13.2 Å².